The largest absolute Gasteiger partial charge is 0.489 e. The van der Waals surface area contributed by atoms with Crippen molar-refractivity contribution in [1.82, 2.24) is 5.43 Å². The SMILES string of the molecule is NC(=O)N/N=C/c1cccc(OCc2cccc(Br)c2)c1. The number of nitrogens with one attached hydrogen (secondary N) is 1. The first-order chi connectivity index (χ1) is 10.1. The van der Waals surface area contributed by atoms with Crippen molar-refractivity contribution in [2.24, 2.45) is 10.8 Å². The predicted molar refractivity (Wildman–Crippen MR) is 85.2 cm³/mol. The minimum Gasteiger partial charge on any atom is -0.489 e. The molecule has 0 aliphatic heterocycles. The highest BCUT2D eigenvalue weighted by Crippen LogP contribution is 2.16. The van der Waals surface area contributed by atoms with Crippen molar-refractivity contribution in [3.63, 3.8) is 0 Å². The number of benzene rings is 2. The second-order valence-electron chi connectivity index (χ2n) is 4.23. The molecule has 0 saturated heterocycles. The standard InChI is InChI=1S/C15H14BrN3O2/c16-13-5-1-4-12(7-13)10-21-14-6-2-3-11(8-14)9-18-19-15(17)20/h1-9H,10H2,(H3,17,19,20)/b18-9+. The summed E-state index contributed by atoms with van der Waals surface area (Å²) in [6.45, 7) is 0.472. The molecular formula is C15H14BrN3O2. The molecule has 5 nitrogen and oxygen atoms in total. The number of halogens is 1. The number of nitrogens with two attached hydrogens (primary N) is 1. The number of primary amides is 1. The molecule has 0 atom stereocenters. The van der Waals surface area contributed by atoms with E-state index < -0.39 is 6.03 Å². The van der Waals surface area contributed by atoms with Crippen LogP contribution in [0.3, 0.4) is 0 Å². The van der Waals surface area contributed by atoms with Crippen molar-refractivity contribution in [1.29, 1.82) is 0 Å². The maximum atomic E-state index is 10.5. The lowest BCUT2D eigenvalue weighted by Crippen LogP contribution is -2.24. The van der Waals surface area contributed by atoms with Crippen LogP contribution in [-0.4, -0.2) is 12.2 Å². The Morgan fingerprint density at radius 1 is 1.29 bits per heavy atom. The number of urea groups is 1. The summed E-state index contributed by atoms with van der Waals surface area (Å²) in [6, 6.07) is 14.6. The molecule has 3 N–H and O–H groups in total. The molecule has 2 aromatic rings. The second-order valence-corrected chi connectivity index (χ2v) is 5.14. The van der Waals surface area contributed by atoms with E-state index in [1.807, 2.05) is 48.5 Å². The molecule has 0 aliphatic rings. The lowest BCUT2D eigenvalue weighted by Gasteiger charge is -2.07. The lowest BCUT2D eigenvalue weighted by molar-refractivity contribution is 0.249. The van der Waals surface area contributed by atoms with E-state index in [0.29, 0.717) is 6.61 Å². The molecule has 0 fully saturated rings. The maximum Gasteiger partial charge on any atom is 0.332 e. The Balaban J connectivity index is 1.97. The molecule has 2 aromatic carbocycles. The summed E-state index contributed by atoms with van der Waals surface area (Å²) >= 11 is 3.42. The molecule has 0 aromatic heterocycles. The zero-order valence-electron chi connectivity index (χ0n) is 11.1. The smallest absolute Gasteiger partial charge is 0.332 e. The first-order valence-corrected chi connectivity index (χ1v) is 6.98. The Morgan fingerprint density at radius 3 is 2.86 bits per heavy atom. The molecule has 0 saturated carbocycles. The van der Waals surface area contributed by atoms with Crippen LogP contribution in [0.1, 0.15) is 11.1 Å². The summed E-state index contributed by atoms with van der Waals surface area (Å²) in [5.74, 6) is 0.720. The van der Waals surface area contributed by atoms with Gasteiger partial charge in [-0.15, -0.1) is 0 Å². The fraction of sp³-hybridized carbons (Fsp3) is 0.0667. The number of carbonyl (C=O) groups excluding carboxylic acids is 1. The number of ether oxygens (including phenoxy) is 1. The highest BCUT2D eigenvalue weighted by Gasteiger charge is 1.98. The van der Waals surface area contributed by atoms with E-state index in [9.17, 15) is 4.79 Å². The highest BCUT2D eigenvalue weighted by molar-refractivity contribution is 9.10. The molecule has 21 heavy (non-hydrogen) atoms. The highest BCUT2D eigenvalue weighted by atomic mass is 79.9. The minimum absolute atomic E-state index is 0.472. The third-order valence-electron chi connectivity index (χ3n) is 2.54. The van der Waals surface area contributed by atoms with E-state index in [2.05, 4.69) is 26.5 Å². The summed E-state index contributed by atoms with van der Waals surface area (Å²) < 4.78 is 6.74. The normalized spacial score (nSPS) is 10.5. The van der Waals surface area contributed by atoms with Crippen molar-refractivity contribution < 1.29 is 9.53 Å². The van der Waals surface area contributed by atoms with Gasteiger partial charge >= 0.3 is 6.03 Å². The van der Waals surface area contributed by atoms with Crippen LogP contribution in [0.25, 0.3) is 0 Å². The molecular weight excluding hydrogens is 334 g/mol. The molecule has 6 heteroatoms. The van der Waals surface area contributed by atoms with Crippen LogP contribution < -0.4 is 15.9 Å². The van der Waals surface area contributed by atoms with E-state index in [-0.39, 0.29) is 0 Å². The van der Waals surface area contributed by atoms with E-state index >= 15 is 0 Å². The van der Waals surface area contributed by atoms with Gasteiger partial charge in [0.2, 0.25) is 0 Å². The Bertz CT molecular complexity index is 659. The maximum absolute atomic E-state index is 10.5. The number of hydrogen-bond acceptors (Lipinski definition) is 3. The van der Waals surface area contributed by atoms with E-state index in [4.69, 9.17) is 10.5 Å². The first kappa shape index (κ1) is 15.1. The summed E-state index contributed by atoms with van der Waals surface area (Å²) in [4.78, 5) is 10.5. The Kier molecular flexibility index (Phi) is 5.34. The number of rotatable bonds is 5. The van der Waals surface area contributed by atoms with E-state index in [1.165, 1.54) is 6.21 Å². The van der Waals surface area contributed by atoms with Crippen LogP contribution in [0.4, 0.5) is 4.79 Å². The second kappa shape index (κ2) is 7.44. The van der Waals surface area contributed by atoms with Crippen molar-refractivity contribution in [3.05, 3.63) is 64.1 Å². The Labute approximate surface area is 130 Å². The number of hydrazone groups is 1. The summed E-state index contributed by atoms with van der Waals surface area (Å²) in [7, 11) is 0. The number of nitrogens with zero attached hydrogens (tertiary/aromatic N) is 1. The van der Waals surface area contributed by atoms with Crippen LogP contribution in [0.2, 0.25) is 0 Å². The average molecular weight is 348 g/mol. The Hall–Kier alpha value is -2.34. The van der Waals surface area contributed by atoms with Crippen molar-refractivity contribution in [2.75, 3.05) is 0 Å². The number of carbonyl (C=O) groups is 1. The number of hydrogen-bond donors (Lipinski definition) is 2. The average Bonchev–Trinajstić information content (AvgIpc) is 2.45. The fourth-order valence-corrected chi connectivity index (χ4v) is 2.10. The molecule has 0 aliphatic carbocycles. The molecule has 0 unspecified atom stereocenters. The van der Waals surface area contributed by atoms with Gasteiger partial charge < -0.3 is 10.5 Å². The van der Waals surface area contributed by atoms with Crippen LogP contribution in [-0.2, 0) is 6.61 Å². The van der Waals surface area contributed by atoms with E-state index in [0.717, 1.165) is 21.3 Å². The third kappa shape index (κ3) is 5.27. The van der Waals surface area contributed by atoms with Gasteiger partial charge in [0.05, 0.1) is 6.21 Å². The molecule has 0 bridgehead atoms. The van der Waals surface area contributed by atoms with Crippen LogP contribution in [0.15, 0.2) is 58.1 Å². The van der Waals surface area contributed by atoms with Gasteiger partial charge in [-0.1, -0.05) is 40.2 Å². The van der Waals surface area contributed by atoms with Crippen molar-refractivity contribution >= 4 is 28.2 Å². The summed E-state index contributed by atoms with van der Waals surface area (Å²) in [5, 5.41) is 3.70. The molecule has 2 amide bonds. The van der Waals surface area contributed by atoms with Gasteiger partial charge in [0.25, 0.3) is 0 Å². The van der Waals surface area contributed by atoms with Crippen LogP contribution in [0.5, 0.6) is 5.75 Å². The Morgan fingerprint density at radius 2 is 2.10 bits per heavy atom. The number of amides is 2. The van der Waals surface area contributed by atoms with Crippen molar-refractivity contribution in [2.45, 2.75) is 6.61 Å². The first-order valence-electron chi connectivity index (χ1n) is 6.19. The minimum atomic E-state index is -0.701. The zero-order valence-corrected chi connectivity index (χ0v) is 12.7. The molecule has 2 rings (SSSR count). The predicted octanol–water partition coefficient (Wildman–Crippen LogP) is 3.03. The molecule has 0 radical (unpaired) electrons. The fourth-order valence-electron chi connectivity index (χ4n) is 1.65. The zero-order chi connectivity index (χ0) is 15.1. The monoisotopic (exact) mass is 347 g/mol. The van der Waals surface area contributed by atoms with Gasteiger partial charge in [0, 0.05) is 4.47 Å². The summed E-state index contributed by atoms with van der Waals surface area (Å²) in [5.41, 5.74) is 8.93. The van der Waals surface area contributed by atoms with Gasteiger partial charge in [-0.3, -0.25) is 0 Å². The van der Waals surface area contributed by atoms with E-state index in [1.54, 1.807) is 0 Å². The van der Waals surface area contributed by atoms with Gasteiger partial charge in [-0.2, -0.15) is 5.10 Å². The molecule has 108 valence electrons. The topological polar surface area (TPSA) is 76.7 Å². The van der Waals surface area contributed by atoms with Crippen LogP contribution >= 0.6 is 15.9 Å². The van der Waals surface area contributed by atoms with Gasteiger partial charge in [0.1, 0.15) is 12.4 Å². The van der Waals surface area contributed by atoms with Crippen molar-refractivity contribution in [3.8, 4) is 5.75 Å². The van der Waals surface area contributed by atoms with Gasteiger partial charge in [-0.25, -0.2) is 10.2 Å². The molecule has 0 spiro atoms. The van der Waals surface area contributed by atoms with Gasteiger partial charge in [0.15, 0.2) is 0 Å². The van der Waals surface area contributed by atoms with Gasteiger partial charge in [-0.05, 0) is 35.4 Å². The quantitative estimate of drug-likeness (QED) is 0.644. The molecule has 0 heterocycles. The third-order valence-corrected chi connectivity index (χ3v) is 3.03. The lowest BCUT2D eigenvalue weighted by atomic mass is 10.2. The summed E-state index contributed by atoms with van der Waals surface area (Å²) in [6.07, 6.45) is 1.50. The van der Waals surface area contributed by atoms with Crippen LogP contribution in [0, 0.1) is 0 Å².